The zero-order valence-electron chi connectivity index (χ0n) is 17.0. The summed E-state index contributed by atoms with van der Waals surface area (Å²) in [5.41, 5.74) is 0.944. The van der Waals surface area contributed by atoms with Crippen LogP contribution in [-0.4, -0.2) is 28.9 Å². The SMILES string of the molecule is [NH-]N(C(=O)OCc1ccccc1)S(=O)(=O)n1ccc(Br)c1C(=O)OCc1ccccc1.[Na+]. The molecule has 1 aromatic heterocycles. The Bertz CT molecular complexity index is 1170. The quantitative estimate of drug-likeness (QED) is 0.258. The minimum Gasteiger partial charge on any atom is -0.561 e. The van der Waals surface area contributed by atoms with Gasteiger partial charge < -0.3 is 15.3 Å². The third-order valence-corrected chi connectivity index (χ3v) is 6.11. The van der Waals surface area contributed by atoms with Gasteiger partial charge in [-0.2, -0.15) is 8.42 Å². The Balaban J connectivity index is 0.00000363. The predicted octanol–water partition coefficient (Wildman–Crippen LogP) is 1.31. The van der Waals surface area contributed by atoms with Gasteiger partial charge in [-0.05, 0) is 33.1 Å². The number of benzene rings is 2. The Morgan fingerprint density at radius 2 is 1.41 bits per heavy atom. The molecule has 0 aliphatic heterocycles. The van der Waals surface area contributed by atoms with Crippen LogP contribution in [0, 0.1) is 0 Å². The third kappa shape index (κ3) is 6.21. The first-order chi connectivity index (χ1) is 14.8. The number of carbonyl (C=O) groups is 2. The van der Waals surface area contributed by atoms with Crippen LogP contribution < -0.4 is 29.6 Å². The normalized spacial score (nSPS) is 10.7. The Morgan fingerprint density at radius 3 is 1.94 bits per heavy atom. The van der Waals surface area contributed by atoms with Crippen molar-refractivity contribution in [3.63, 3.8) is 0 Å². The minimum absolute atomic E-state index is 0. The third-order valence-electron chi connectivity index (χ3n) is 4.06. The molecule has 0 atom stereocenters. The molecule has 0 bridgehead atoms. The van der Waals surface area contributed by atoms with E-state index in [-0.39, 0.29) is 57.4 Å². The average molecular weight is 530 g/mol. The van der Waals surface area contributed by atoms with Crippen molar-refractivity contribution in [1.82, 2.24) is 8.39 Å². The number of aromatic nitrogens is 1. The zero-order valence-corrected chi connectivity index (χ0v) is 21.4. The maximum Gasteiger partial charge on any atom is 1.00 e. The molecule has 0 fully saturated rings. The van der Waals surface area contributed by atoms with Crippen molar-refractivity contribution in [2.75, 3.05) is 0 Å². The number of nitrogens with zero attached hydrogens (tertiary/aromatic N) is 2. The fourth-order valence-electron chi connectivity index (χ4n) is 2.52. The summed E-state index contributed by atoms with van der Waals surface area (Å²) in [5.74, 6) is 6.80. The molecule has 32 heavy (non-hydrogen) atoms. The van der Waals surface area contributed by atoms with Gasteiger partial charge in [-0.1, -0.05) is 60.7 Å². The Hall–Kier alpha value is -2.15. The van der Waals surface area contributed by atoms with E-state index >= 15 is 0 Å². The van der Waals surface area contributed by atoms with Crippen molar-refractivity contribution in [2.45, 2.75) is 13.2 Å². The summed E-state index contributed by atoms with van der Waals surface area (Å²) in [6, 6.07) is 18.7. The molecule has 12 heteroatoms. The van der Waals surface area contributed by atoms with Gasteiger partial charge >= 0.3 is 51.8 Å². The van der Waals surface area contributed by atoms with Crippen LogP contribution in [0.3, 0.4) is 0 Å². The summed E-state index contributed by atoms with van der Waals surface area (Å²) in [5, 5.41) is 0. The molecular weight excluding hydrogens is 513 g/mol. The molecule has 2 aromatic carbocycles. The van der Waals surface area contributed by atoms with Crippen LogP contribution in [0.15, 0.2) is 77.4 Å². The molecular formula is C20H17BrN3NaO6S. The molecule has 162 valence electrons. The Morgan fingerprint density at radius 1 is 0.906 bits per heavy atom. The maximum atomic E-state index is 12.8. The molecule has 0 aliphatic rings. The average Bonchev–Trinajstić information content (AvgIpc) is 3.19. The van der Waals surface area contributed by atoms with Crippen molar-refractivity contribution in [1.29, 1.82) is 0 Å². The molecule has 9 nitrogen and oxygen atoms in total. The van der Waals surface area contributed by atoms with E-state index in [0.29, 0.717) is 15.1 Å². The van der Waals surface area contributed by atoms with E-state index in [2.05, 4.69) is 15.9 Å². The number of hydrogen-bond acceptors (Lipinski definition) is 6. The van der Waals surface area contributed by atoms with Crippen LogP contribution in [0.2, 0.25) is 0 Å². The first-order valence-corrected chi connectivity index (χ1v) is 11.1. The van der Waals surface area contributed by atoms with Crippen molar-refractivity contribution < 1.29 is 57.0 Å². The Kier molecular flexibility index (Phi) is 9.49. The number of carbonyl (C=O) groups excluding carboxylic acids is 2. The van der Waals surface area contributed by atoms with Crippen molar-refractivity contribution in [3.8, 4) is 0 Å². The molecule has 0 radical (unpaired) electrons. The van der Waals surface area contributed by atoms with Crippen molar-refractivity contribution in [2.24, 2.45) is 0 Å². The predicted molar refractivity (Wildman–Crippen MR) is 115 cm³/mol. The molecule has 1 amide bonds. The fraction of sp³-hybridized carbons (Fsp3) is 0.100. The molecule has 3 aromatic rings. The van der Waals surface area contributed by atoms with Gasteiger partial charge in [0.25, 0.3) is 0 Å². The fourth-order valence-corrected chi connectivity index (χ4v) is 4.15. The van der Waals surface area contributed by atoms with Crippen LogP contribution in [0.1, 0.15) is 21.6 Å². The largest absolute Gasteiger partial charge is 1.00 e. The molecule has 0 unspecified atom stereocenters. The van der Waals surface area contributed by atoms with Gasteiger partial charge in [0.1, 0.15) is 13.2 Å². The van der Waals surface area contributed by atoms with E-state index in [0.717, 1.165) is 6.20 Å². The van der Waals surface area contributed by atoms with Gasteiger partial charge in [-0.25, -0.2) is 13.6 Å². The number of esters is 1. The van der Waals surface area contributed by atoms with E-state index in [1.54, 1.807) is 60.7 Å². The molecule has 0 spiro atoms. The first kappa shape index (κ1) is 26.1. The summed E-state index contributed by atoms with van der Waals surface area (Å²) in [6.45, 7) is -0.299. The zero-order chi connectivity index (χ0) is 22.4. The second-order valence-corrected chi connectivity index (χ2v) is 8.69. The summed E-state index contributed by atoms with van der Waals surface area (Å²) < 4.78 is 35.9. The molecule has 0 saturated heterocycles. The number of nitrogens with one attached hydrogen (secondary N) is 1. The molecule has 0 saturated carbocycles. The van der Waals surface area contributed by atoms with E-state index in [1.165, 1.54) is 6.07 Å². The second-order valence-electron chi connectivity index (χ2n) is 6.18. The van der Waals surface area contributed by atoms with Crippen molar-refractivity contribution >= 4 is 38.2 Å². The van der Waals surface area contributed by atoms with E-state index in [9.17, 15) is 18.0 Å². The summed E-state index contributed by atoms with van der Waals surface area (Å²) in [7, 11) is -4.77. The molecule has 1 N–H and O–H groups in total. The van der Waals surface area contributed by atoms with Crippen LogP contribution in [-0.2, 0) is 32.9 Å². The van der Waals surface area contributed by atoms with Gasteiger partial charge in [-0.15, -0.1) is 0 Å². The Labute approximate surface area is 215 Å². The van der Waals surface area contributed by atoms with Crippen LogP contribution >= 0.6 is 15.9 Å². The van der Waals surface area contributed by atoms with Gasteiger partial charge in [0.2, 0.25) is 0 Å². The molecule has 1 heterocycles. The first-order valence-electron chi connectivity index (χ1n) is 8.86. The van der Waals surface area contributed by atoms with Gasteiger partial charge in [0.15, 0.2) is 5.69 Å². The number of hydrogen-bond donors (Lipinski definition) is 0. The van der Waals surface area contributed by atoms with E-state index < -0.39 is 22.3 Å². The minimum atomic E-state index is -4.77. The number of ether oxygens (including phenoxy) is 2. The van der Waals surface area contributed by atoms with Gasteiger partial charge in [-0.3, -0.25) is 4.41 Å². The number of amides is 1. The molecule has 0 aliphatic carbocycles. The van der Waals surface area contributed by atoms with Gasteiger partial charge in [0.05, 0.1) is 4.47 Å². The summed E-state index contributed by atoms with van der Waals surface area (Å²) in [4.78, 5) is 24.7. The van der Waals surface area contributed by atoms with Gasteiger partial charge in [0, 0.05) is 6.20 Å². The van der Waals surface area contributed by atoms with Crippen LogP contribution in [0.4, 0.5) is 4.79 Å². The standard InChI is InChI=1S/C20H17BrN3O6S.Na/c21-17-11-12-23(18(17)19(25)29-13-15-7-3-1-4-8-15)31(27,28)24(22)20(26)30-14-16-9-5-2-6-10-16;/h1-12,22H,13-14H2;/q-1;+1. The molecule has 3 rings (SSSR count). The number of rotatable bonds is 7. The number of halogens is 1. The van der Waals surface area contributed by atoms with Crippen molar-refractivity contribution in [3.05, 3.63) is 100 Å². The monoisotopic (exact) mass is 529 g/mol. The van der Waals surface area contributed by atoms with E-state index in [4.69, 9.17) is 15.3 Å². The second kappa shape index (κ2) is 11.6. The van der Waals surface area contributed by atoms with E-state index in [1.807, 2.05) is 0 Å². The van der Waals surface area contributed by atoms with Crippen LogP contribution in [0.5, 0.6) is 0 Å². The smallest absolute Gasteiger partial charge is 0.561 e. The topological polar surface area (TPSA) is 119 Å². The maximum absolute atomic E-state index is 12.8. The summed E-state index contributed by atoms with van der Waals surface area (Å²) in [6.07, 6.45) is -0.387. The summed E-state index contributed by atoms with van der Waals surface area (Å²) >= 11 is 3.10. The van der Waals surface area contributed by atoms with Crippen LogP contribution in [0.25, 0.3) is 5.84 Å².